The molecule has 0 aromatic heterocycles. The van der Waals surface area contributed by atoms with Crippen molar-refractivity contribution < 1.29 is 4.74 Å². The average molecular weight is 213 g/mol. The summed E-state index contributed by atoms with van der Waals surface area (Å²) in [6, 6.07) is 0.514. The Balaban J connectivity index is 2.58. The molecule has 1 atom stereocenters. The summed E-state index contributed by atoms with van der Waals surface area (Å²) in [6.45, 7) is 13.6. The molecule has 0 saturated heterocycles. The lowest BCUT2D eigenvalue weighted by Gasteiger charge is -2.19. The fraction of sp³-hybridized carbons (Fsp3) is 1.00. The highest BCUT2D eigenvalue weighted by Gasteiger charge is 2.66. The molecule has 0 spiro atoms. The molecule has 1 saturated carbocycles. The third kappa shape index (κ3) is 2.21. The van der Waals surface area contributed by atoms with Gasteiger partial charge in [-0.3, -0.25) is 0 Å². The summed E-state index contributed by atoms with van der Waals surface area (Å²) in [5.74, 6) is 0.733. The molecule has 0 aromatic carbocycles. The van der Waals surface area contributed by atoms with Crippen molar-refractivity contribution in [1.82, 2.24) is 5.32 Å². The quantitative estimate of drug-likeness (QED) is 0.732. The number of nitrogens with one attached hydrogen (secondary N) is 1. The highest BCUT2D eigenvalue weighted by Crippen LogP contribution is 2.69. The molecule has 0 aromatic rings. The maximum Gasteiger partial charge on any atom is 0.0618 e. The second kappa shape index (κ2) is 4.42. The van der Waals surface area contributed by atoms with Gasteiger partial charge in [0.05, 0.1) is 6.61 Å². The fourth-order valence-corrected chi connectivity index (χ4v) is 3.04. The third-order valence-electron chi connectivity index (χ3n) is 4.54. The number of hydrogen-bond donors (Lipinski definition) is 1. The van der Waals surface area contributed by atoms with E-state index in [1.54, 1.807) is 7.11 Å². The Morgan fingerprint density at radius 3 is 2.07 bits per heavy atom. The van der Waals surface area contributed by atoms with Crippen LogP contribution in [0.3, 0.4) is 0 Å². The summed E-state index contributed by atoms with van der Waals surface area (Å²) >= 11 is 0. The molecular weight excluding hydrogens is 186 g/mol. The van der Waals surface area contributed by atoms with Crippen LogP contribution in [0.25, 0.3) is 0 Å². The molecule has 0 heterocycles. The number of hydrogen-bond acceptors (Lipinski definition) is 2. The molecule has 0 aliphatic heterocycles. The second-order valence-corrected chi connectivity index (χ2v) is 5.94. The van der Waals surface area contributed by atoms with E-state index in [2.05, 4.69) is 39.9 Å². The molecular formula is C13H27NO. The van der Waals surface area contributed by atoms with Crippen molar-refractivity contribution in [3.8, 4) is 0 Å². The van der Waals surface area contributed by atoms with E-state index in [-0.39, 0.29) is 0 Å². The molecule has 1 unspecified atom stereocenters. The monoisotopic (exact) mass is 213 g/mol. The maximum atomic E-state index is 5.33. The molecule has 1 aliphatic carbocycles. The third-order valence-corrected chi connectivity index (χ3v) is 4.54. The van der Waals surface area contributed by atoms with Crippen molar-refractivity contribution in [2.75, 3.05) is 20.3 Å². The minimum absolute atomic E-state index is 0.441. The van der Waals surface area contributed by atoms with Gasteiger partial charge < -0.3 is 10.1 Å². The van der Waals surface area contributed by atoms with Crippen LogP contribution in [-0.4, -0.2) is 26.3 Å². The fourth-order valence-electron chi connectivity index (χ4n) is 3.04. The van der Waals surface area contributed by atoms with Gasteiger partial charge in [0.25, 0.3) is 0 Å². The molecule has 0 radical (unpaired) electrons. The van der Waals surface area contributed by atoms with Gasteiger partial charge in [0.1, 0.15) is 0 Å². The van der Waals surface area contributed by atoms with Gasteiger partial charge in [-0.15, -0.1) is 0 Å². The smallest absolute Gasteiger partial charge is 0.0618 e. The SMILES string of the molecule is CCCNC(COC)C1C(C)(C)C1(C)C. The Labute approximate surface area is 94.8 Å². The van der Waals surface area contributed by atoms with Crippen LogP contribution in [0.1, 0.15) is 41.0 Å². The van der Waals surface area contributed by atoms with E-state index in [9.17, 15) is 0 Å². The summed E-state index contributed by atoms with van der Waals surface area (Å²) in [6.07, 6.45) is 1.19. The van der Waals surface area contributed by atoms with E-state index >= 15 is 0 Å². The van der Waals surface area contributed by atoms with Crippen LogP contribution >= 0.6 is 0 Å². The van der Waals surface area contributed by atoms with Crippen LogP contribution in [0.5, 0.6) is 0 Å². The summed E-state index contributed by atoms with van der Waals surface area (Å²) < 4.78 is 5.33. The zero-order chi connectivity index (χ0) is 11.7. The van der Waals surface area contributed by atoms with E-state index in [4.69, 9.17) is 4.74 Å². The predicted octanol–water partition coefficient (Wildman–Crippen LogP) is 2.68. The first kappa shape index (κ1) is 13.0. The molecule has 0 bridgehead atoms. The predicted molar refractivity (Wildman–Crippen MR) is 65.0 cm³/mol. The zero-order valence-electron chi connectivity index (χ0n) is 11.2. The van der Waals surface area contributed by atoms with Crippen LogP contribution in [0.2, 0.25) is 0 Å². The maximum absolute atomic E-state index is 5.33. The lowest BCUT2D eigenvalue weighted by atomic mass is 10.0. The number of methoxy groups -OCH3 is 1. The van der Waals surface area contributed by atoms with E-state index in [1.807, 2.05) is 0 Å². The van der Waals surface area contributed by atoms with Crippen molar-refractivity contribution in [1.29, 1.82) is 0 Å². The molecule has 1 N–H and O–H groups in total. The van der Waals surface area contributed by atoms with Crippen molar-refractivity contribution in [3.05, 3.63) is 0 Å². The van der Waals surface area contributed by atoms with Crippen LogP contribution in [0, 0.1) is 16.7 Å². The highest BCUT2D eigenvalue weighted by molar-refractivity contribution is 5.16. The minimum Gasteiger partial charge on any atom is -0.383 e. The van der Waals surface area contributed by atoms with Gasteiger partial charge in [0.15, 0.2) is 0 Å². The number of rotatable bonds is 6. The van der Waals surface area contributed by atoms with Gasteiger partial charge in [-0.05, 0) is 29.7 Å². The first-order valence-corrected chi connectivity index (χ1v) is 6.12. The summed E-state index contributed by atoms with van der Waals surface area (Å²) in [5, 5.41) is 3.62. The van der Waals surface area contributed by atoms with Gasteiger partial charge in [0, 0.05) is 13.2 Å². The van der Waals surface area contributed by atoms with Crippen molar-refractivity contribution in [2.24, 2.45) is 16.7 Å². The zero-order valence-corrected chi connectivity index (χ0v) is 11.2. The molecule has 2 nitrogen and oxygen atoms in total. The Morgan fingerprint density at radius 2 is 1.73 bits per heavy atom. The standard InChI is InChI=1S/C13H27NO/c1-7-8-14-10(9-15-6)11-12(2,3)13(11,4)5/h10-11,14H,7-9H2,1-6H3. The molecule has 1 aliphatic rings. The Hall–Kier alpha value is -0.0800. The molecule has 0 amide bonds. The van der Waals surface area contributed by atoms with E-state index in [0.717, 1.165) is 19.1 Å². The Morgan fingerprint density at radius 1 is 1.20 bits per heavy atom. The van der Waals surface area contributed by atoms with Crippen molar-refractivity contribution >= 4 is 0 Å². The van der Waals surface area contributed by atoms with E-state index < -0.39 is 0 Å². The van der Waals surface area contributed by atoms with Gasteiger partial charge in [-0.1, -0.05) is 34.6 Å². The van der Waals surface area contributed by atoms with Crippen LogP contribution in [0.4, 0.5) is 0 Å². The molecule has 1 rings (SSSR count). The summed E-state index contributed by atoms with van der Waals surface area (Å²) in [7, 11) is 1.79. The van der Waals surface area contributed by atoms with Crippen molar-refractivity contribution in [2.45, 2.75) is 47.1 Å². The minimum atomic E-state index is 0.441. The van der Waals surface area contributed by atoms with Crippen molar-refractivity contribution in [3.63, 3.8) is 0 Å². The van der Waals surface area contributed by atoms with Gasteiger partial charge in [0.2, 0.25) is 0 Å². The largest absolute Gasteiger partial charge is 0.383 e. The Kier molecular flexibility index (Phi) is 3.83. The van der Waals surface area contributed by atoms with Crippen LogP contribution in [-0.2, 0) is 4.74 Å². The highest BCUT2D eigenvalue weighted by atomic mass is 16.5. The molecule has 2 heteroatoms. The number of ether oxygens (including phenoxy) is 1. The first-order chi connectivity index (χ1) is 6.89. The average Bonchev–Trinajstić information content (AvgIpc) is 2.53. The first-order valence-electron chi connectivity index (χ1n) is 6.12. The van der Waals surface area contributed by atoms with Gasteiger partial charge in [-0.2, -0.15) is 0 Å². The lowest BCUT2D eigenvalue weighted by molar-refractivity contribution is 0.149. The molecule has 1 fully saturated rings. The summed E-state index contributed by atoms with van der Waals surface area (Å²) in [4.78, 5) is 0. The molecule has 90 valence electrons. The molecule has 15 heavy (non-hydrogen) atoms. The van der Waals surface area contributed by atoms with Crippen LogP contribution in [0.15, 0.2) is 0 Å². The van der Waals surface area contributed by atoms with Gasteiger partial charge >= 0.3 is 0 Å². The lowest BCUT2D eigenvalue weighted by Crippen LogP contribution is -2.37. The summed E-state index contributed by atoms with van der Waals surface area (Å²) in [5.41, 5.74) is 0.883. The second-order valence-electron chi connectivity index (χ2n) is 5.94. The van der Waals surface area contributed by atoms with Crippen LogP contribution < -0.4 is 5.32 Å². The topological polar surface area (TPSA) is 21.3 Å². The van der Waals surface area contributed by atoms with E-state index in [1.165, 1.54) is 6.42 Å². The Bertz CT molecular complexity index is 197. The van der Waals surface area contributed by atoms with E-state index in [0.29, 0.717) is 16.9 Å². The van der Waals surface area contributed by atoms with Gasteiger partial charge in [-0.25, -0.2) is 0 Å². The normalized spacial score (nSPS) is 25.2.